The highest BCUT2D eigenvalue weighted by Gasteiger charge is 2.12. The molecule has 0 saturated carbocycles. The van der Waals surface area contributed by atoms with E-state index in [1.807, 2.05) is 37.9 Å². The minimum atomic E-state index is -0.186. The first kappa shape index (κ1) is 12.8. The van der Waals surface area contributed by atoms with E-state index in [2.05, 4.69) is 0 Å². The molecule has 1 aromatic rings. The van der Waals surface area contributed by atoms with E-state index in [9.17, 15) is 5.11 Å². The summed E-state index contributed by atoms with van der Waals surface area (Å²) in [5.41, 5.74) is 7.31. The van der Waals surface area contributed by atoms with E-state index in [0.717, 1.165) is 11.3 Å². The van der Waals surface area contributed by atoms with Gasteiger partial charge in [0.1, 0.15) is 5.75 Å². The monoisotopic (exact) mass is 224 g/mol. The molecule has 0 aromatic heterocycles. The predicted molar refractivity (Wildman–Crippen MR) is 65.7 cm³/mol. The molecule has 4 heteroatoms. The number of aliphatic hydroxyl groups excluding tert-OH is 1. The van der Waals surface area contributed by atoms with Crippen molar-refractivity contribution in [2.24, 2.45) is 5.73 Å². The Labute approximate surface area is 96.3 Å². The number of hydrogen-bond donors (Lipinski definition) is 3. The molecule has 4 nitrogen and oxygen atoms in total. The average Bonchev–Trinajstić information content (AvgIpc) is 2.26. The van der Waals surface area contributed by atoms with Gasteiger partial charge >= 0.3 is 0 Å². The molecular weight excluding hydrogens is 204 g/mol. The van der Waals surface area contributed by atoms with E-state index >= 15 is 0 Å². The molecule has 0 spiro atoms. The van der Waals surface area contributed by atoms with Gasteiger partial charge in [-0.2, -0.15) is 0 Å². The SMILES string of the molecule is CC(N)c1ccc(N(C)C(C)CO)cc1O. The van der Waals surface area contributed by atoms with Crippen LogP contribution in [-0.2, 0) is 0 Å². The summed E-state index contributed by atoms with van der Waals surface area (Å²) in [6.07, 6.45) is 0. The van der Waals surface area contributed by atoms with Crippen molar-refractivity contribution in [2.75, 3.05) is 18.6 Å². The molecule has 0 aliphatic heterocycles. The Morgan fingerprint density at radius 1 is 1.38 bits per heavy atom. The third-order valence-corrected chi connectivity index (χ3v) is 2.84. The van der Waals surface area contributed by atoms with Crippen LogP contribution in [-0.4, -0.2) is 29.9 Å². The summed E-state index contributed by atoms with van der Waals surface area (Å²) in [7, 11) is 1.88. The zero-order valence-electron chi connectivity index (χ0n) is 10.0. The van der Waals surface area contributed by atoms with Crippen LogP contribution in [0.2, 0.25) is 0 Å². The van der Waals surface area contributed by atoms with Gasteiger partial charge in [0.05, 0.1) is 6.61 Å². The summed E-state index contributed by atoms with van der Waals surface area (Å²) in [5, 5.41) is 18.9. The van der Waals surface area contributed by atoms with E-state index in [1.165, 1.54) is 0 Å². The van der Waals surface area contributed by atoms with Crippen molar-refractivity contribution >= 4 is 5.69 Å². The number of benzene rings is 1. The van der Waals surface area contributed by atoms with Crippen molar-refractivity contribution in [3.05, 3.63) is 23.8 Å². The van der Waals surface area contributed by atoms with Crippen LogP contribution in [0.1, 0.15) is 25.5 Å². The van der Waals surface area contributed by atoms with Crippen molar-refractivity contribution in [3.63, 3.8) is 0 Å². The summed E-state index contributed by atoms with van der Waals surface area (Å²) in [6, 6.07) is 5.21. The molecule has 90 valence electrons. The smallest absolute Gasteiger partial charge is 0.122 e. The van der Waals surface area contributed by atoms with Crippen LogP contribution in [0.3, 0.4) is 0 Å². The summed E-state index contributed by atoms with van der Waals surface area (Å²) in [5.74, 6) is 0.199. The molecule has 0 amide bonds. The molecule has 2 atom stereocenters. The summed E-state index contributed by atoms with van der Waals surface area (Å²) in [4.78, 5) is 1.91. The zero-order valence-corrected chi connectivity index (χ0v) is 10.0. The summed E-state index contributed by atoms with van der Waals surface area (Å²) >= 11 is 0. The van der Waals surface area contributed by atoms with Crippen molar-refractivity contribution < 1.29 is 10.2 Å². The van der Waals surface area contributed by atoms with Gasteiger partial charge in [0.25, 0.3) is 0 Å². The molecule has 2 unspecified atom stereocenters. The first-order valence-corrected chi connectivity index (χ1v) is 5.39. The Morgan fingerprint density at radius 2 is 2.00 bits per heavy atom. The van der Waals surface area contributed by atoms with Crippen LogP contribution in [0, 0.1) is 0 Å². The fourth-order valence-corrected chi connectivity index (χ4v) is 1.51. The van der Waals surface area contributed by atoms with Crippen LogP contribution in [0.15, 0.2) is 18.2 Å². The normalized spacial score (nSPS) is 14.6. The lowest BCUT2D eigenvalue weighted by Gasteiger charge is -2.26. The van der Waals surface area contributed by atoms with E-state index in [4.69, 9.17) is 10.8 Å². The van der Waals surface area contributed by atoms with Gasteiger partial charge in [-0.1, -0.05) is 6.07 Å². The van der Waals surface area contributed by atoms with Gasteiger partial charge in [0.15, 0.2) is 0 Å². The van der Waals surface area contributed by atoms with E-state index in [0.29, 0.717) is 0 Å². The number of phenols is 1. The van der Waals surface area contributed by atoms with Crippen molar-refractivity contribution in [3.8, 4) is 5.75 Å². The molecule has 4 N–H and O–H groups in total. The van der Waals surface area contributed by atoms with Gasteiger partial charge in [-0.25, -0.2) is 0 Å². The van der Waals surface area contributed by atoms with Gasteiger partial charge in [-0.3, -0.25) is 0 Å². The largest absolute Gasteiger partial charge is 0.508 e. The molecule has 0 bridgehead atoms. The second kappa shape index (κ2) is 5.18. The fourth-order valence-electron chi connectivity index (χ4n) is 1.51. The highest BCUT2D eigenvalue weighted by atomic mass is 16.3. The number of hydrogen-bond acceptors (Lipinski definition) is 4. The average molecular weight is 224 g/mol. The van der Waals surface area contributed by atoms with Gasteiger partial charge in [-0.15, -0.1) is 0 Å². The number of nitrogens with zero attached hydrogens (tertiary/aromatic N) is 1. The Balaban J connectivity index is 2.97. The van der Waals surface area contributed by atoms with Crippen LogP contribution in [0.5, 0.6) is 5.75 Å². The fraction of sp³-hybridized carbons (Fsp3) is 0.500. The van der Waals surface area contributed by atoms with E-state index in [1.54, 1.807) is 6.07 Å². The van der Waals surface area contributed by atoms with Crippen LogP contribution < -0.4 is 10.6 Å². The molecule has 1 rings (SSSR count). The Morgan fingerprint density at radius 3 is 2.44 bits per heavy atom. The third-order valence-electron chi connectivity index (χ3n) is 2.84. The number of rotatable bonds is 4. The lowest BCUT2D eigenvalue weighted by Crippen LogP contribution is -2.31. The van der Waals surface area contributed by atoms with Crippen LogP contribution >= 0.6 is 0 Å². The molecule has 0 radical (unpaired) electrons. The molecule has 1 aromatic carbocycles. The second-order valence-corrected chi connectivity index (χ2v) is 4.17. The topological polar surface area (TPSA) is 69.7 Å². The third kappa shape index (κ3) is 2.65. The van der Waals surface area contributed by atoms with Crippen molar-refractivity contribution in [1.82, 2.24) is 0 Å². The highest BCUT2D eigenvalue weighted by Crippen LogP contribution is 2.28. The maximum atomic E-state index is 9.80. The quantitative estimate of drug-likeness (QED) is 0.719. The Bertz CT molecular complexity index is 353. The maximum absolute atomic E-state index is 9.80. The highest BCUT2D eigenvalue weighted by molar-refractivity contribution is 5.54. The van der Waals surface area contributed by atoms with E-state index in [-0.39, 0.29) is 24.4 Å². The summed E-state index contributed by atoms with van der Waals surface area (Å²) < 4.78 is 0. The maximum Gasteiger partial charge on any atom is 0.122 e. The lowest BCUT2D eigenvalue weighted by molar-refractivity contribution is 0.270. The first-order chi connectivity index (χ1) is 7.47. The van der Waals surface area contributed by atoms with Gasteiger partial charge in [0.2, 0.25) is 0 Å². The predicted octanol–water partition coefficient (Wildman–Crippen LogP) is 1.23. The molecule has 16 heavy (non-hydrogen) atoms. The molecule has 0 fully saturated rings. The van der Waals surface area contributed by atoms with Crippen LogP contribution in [0.25, 0.3) is 0 Å². The lowest BCUT2D eigenvalue weighted by atomic mass is 10.1. The number of anilines is 1. The number of likely N-dealkylation sites (N-methyl/N-ethyl adjacent to an activating group) is 1. The first-order valence-electron chi connectivity index (χ1n) is 5.39. The van der Waals surface area contributed by atoms with Gasteiger partial charge in [-0.05, 0) is 19.9 Å². The molecular formula is C12H20N2O2. The number of aliphatic hydroxyl groups is 1. The Kier molecular flexibility index (Phi) is 4.15. The number of aromatic hydroxyl groups is 1. The Hall–Kier alpha value is -1.26. The van der Waals surface area contributed by atoms with Crippen LogP contribution in [0.4, 0.5) is 5.69 Å². The molecule has 0 saturated heterocycles. The number of phenolic OH excluding ortho intramolecular Hbond substituents is 1. The number of nitrogens with two attached hydrogens (primary N) is 1. The van der Waals surface area contributed by atoms with E-state index < -0.39 is 0 Å². The second-order valence-electron chi connectivity index (χ2n) is 4.17. The minimum absolute atomic E-state index is 0.0144. The summed E-state index contributed by atoms with van der Waals surface area (Å²) in [6.45, 7) is 3.82. The molecule has 0 heterocycles. The van der Waals surface area contributed by atoms with Gasteiger partial charge in [0, 0.05) is 36.4 Å². The van der Waals surface area contributed by atoms with Crippen molar-refractivity contribution in [1.29, 1.82) is 0 Å². The van der Waals surface area contributed by atoms with Gasteiger partial charge < -0.3 is 20.8 Å². The standard InChI is InChI=1S/C12H20N2O2/c1-8(7-15)14(3)10-4-5-11(9(2)13)12(16)6-10/h4-6,8-9,15-16H,7,13H2,1-3H3. The molecule has 0 aliphatic carbocycles. The molecule has 0 aliphatic rings. The zero-order chi connectivity index (χ0) is 12.3. The minimum Gasteiger partial charge on any atom is -0.508 e. The van der Waals surface area contributed by atoms with Crippen molar-refractivity contribution in [2.45, 2.75) is 25.9 Å².